The molecule has 0 aliphatic carbocycles. The predicted octanol–water partition coefficient (Wildman–Crippen LogP) is 8.66. The molecule has 0 unspecified atom stereocenters. The van der Waals surface area contributed by atoms with Gasteiger partial charge in [0.1, 0.15) is 5.82 Å². The fraction of sp³-hybridized carbons (Fsp3) is 0.176. The molecule has 5 heteroatoms. The summed E-state index contributed by atoms with van der Waals surface area (Å²) in [5.74, 6) is 1.73. The van der Waals surface area contributed by atoms with Crippen LogP contribution in [0.3, 0.4) is 0 Å². The maximum absolute atomic E-state index is 10.8. The van der Waals surface area contributed by atoms with Crippen molar-refractivity contribution < 1.29 is 26.2 Å². The van der Waals surface area contributed by atoms with E-state index in [2.05, 4.69) is 67.6 Å². The zero-order valence-corrected chi connectivity index (χ0v) is 24.7. The van der Waals surface area contributed by atoms with E-state index < -0.39 is 0 Å². The van der Waals surface area contributed by atoms with Crippen molar-refractivity contribution in [1.82, 2.24) is 14.5 Å². The molecule has 198 valence electrons. The van der Waals surface area contributed by atoms with Gasteiger partial charge in [0.2, 0.25) is 0 Å². The number of phenolic OH excluding ortho intramolecular Hbond substituents is 1. The Bertz CT molecular complexity index is 1790. The average molecular weight is 692 g/mol. The van der Waals surface area contributed by atoms with Crippen molar-refractivity contribution in [3.63, 3.8) is 0 Å². The zero-order chi connectivity index (χ0) is 26.4. The number of fused-ring (bicyclic) bond motifs is 3. The maximum atomic E-state index is 10.8. The number of benzene rings is 3. The van der Waals surface area contributed by atoms with Gasteiger partial charge in [-0.3, -0.25) is 4.98 Å². The van der Waals surface area contributed by atoms with Crippen molar-refractivity contribution in [2.24, 2.45) is 0 Å². The fourth-order valence-electron chi connectivity index (χ4n) is 5.19. The predicted molar refractivity (Wildman–Crippen MR) is 156 cm³/mol. The van der Waals surface area contributed by atoms with Crippen LogP contribution in [0.25, 0.3) is 50.1 Å². The Morgan fingerprint density at radius 2 is 1.54 bits per heavy atom. The molecule has 0 aliphatic rings. The molecule has 0 atom stereocenters. The number of hydrogen-bond acceptors (Lipinski definition) is 3. The van der Waals surface area contributed by atoms with E-state index in [1.165, 1.54) is 10.9 Å². The molecule has 6 rings (SSSR count). The molecule has 0 saturated heterocycles. The van der Waals surface area contributed by atoms with Gasteiger partial charge in [-0.15, -0.1) is 23.3 Å². The number of aromatic nitrogens is 3. The second-order valence-corrected chi connectivity index (χ2v) is 10.4. The number of para-hydroxylation sites is 1. The van der Waals surface area contributed by atoms with E-state index in [9.17, 15) is 5.11 Å². The van der Waals surface area contributed by atoms with Crippen LogP contribution in [0.1, 0.15) is 50.7 Å². The minimum Gasteiger partial charge on any atom is -0.517 e. The molecule has 6 aromatic rings. The van der Waals surface area contributed by atoms with E-state index in [0.717, 1.165) is 50.3 Å². The minimum atomic E-state index is 0. The Labute approximate surface area is 243 Å². The van der Waals surface area contributed by atoms with Gasteiger partial charge < -0.3 is 9.67 Å². The molecule has 0 spiro atoms. The summed E-state index contributed by atoms with van der Waals surface area (Å²) in [7, 11) is 0. The van der Waals surface area contributed by atoms with Crippen molar-refractivity contribution in [3.8, 4) is 34.1 Å². The summed E-state index contributed by atoms with van der Waals surface area (Å²) in [6, 6.07) is 32.2. The number of aromatic hydroxyl groups is 1. The molecule has 3 aromatic heterocycles. The summed E-state index contributed by atoms with van der Waals surface area (Å²) >= 11 is 0. The molecule has 0 bridgehead atoms. The smallest absolute Gasteiger partial charge is 0.136 e. The van der Waals surface area contributed by atoms with Gasteiger partial charge >= 0.3 is 0 Å². The van der Waals surface area contributed by atoms with Gasteiger partial charge in [0.25, 0.3) is 0 Å². The van der Waals surface area contributed by atoms with Gasteiger partial charge in [-0.25, -0.2) is 4.98 Å². The van der Waals surface area contributed by atoms with Gasteiger partial charge in [-0.05, 0) is 58.8 Å². The van der Waals surface area contributed by atoms with E-state index >= 15 is 0 Å². The molecule has 1 N–H and O–H groups in total. The number of pyridine rings is 2. The van der Waals surface area contributed by atoms with E-state index in [1.54, 1.807) is 12.3 Å². The van der Waals surface area contributed by atoms with Crippen molar-refractivity contribution in [3.05, 3.63) is 108 Å². The summed E-state index contributed by atoms with van der Waals surface area (Å²) < 4.78 is 2.19. The average Bonchev–Trinajstić information content (AvgIpc) is 3.26. The van der Waals surface area contributed by atoms with Crippen LogP contribution in [0.2, 0.25) is 0 Å². The van der Waals surface area contributed by atoms with E-state index in [-0.39, 0.29) is 32.7 Å². The SMILES string of the molecule is CC(C)c1ccc2c(c1)c1cc(C(C)C)c(-c3ccccc3O)[c-]c1n2-c1cccc(-c2ccccn2)n1.[Pt]. The molecule has 0 fully saturated rings. The van der Waals surface area contributed by atoms with Gasteiger partial charge in [0.05, 0.1) is 17.1 Å². The van der Waals surface area contributed by atoms with Gasteiger partial charge in [-0.2, -0.15) is 0 Å². The number of hydrogen-bond donors (Lipinski definition) is 1. The van der Waals surface area contributed by atoms with Crippen LogP contribution in [0, 0.1) is 6.07 Å². The number of rotatable bonds is 5. The fourth-order valence-corrected chi connectivity index (χ4v) is 5.19. The number of nitrogens with zero attached hydrogens (tertiary/aromatic N) is 3. The topological polar surface area (TPSA) is 50.9 Å². The Morgan fingerprint density at radius 3 is 2.26 bits per heavy atom. The second kappa shape index (κ2) is 10.8. The van der Waals surface area contributed by atoms with Crippen molar-refractivity contribution in [2.45, 2.75) is 39.5 Å². The molecule has 0 saturated carbocycles. The third-order valence-corrected chi connectivity index (χ3v) is 7.22. The quantitative estimate of drug-likeness (QED) is 0.184. The summed E-state index contributed by atoms with van der Waals surface area (Å²) in [5, 5.41) is 13.1. The molecule has 4 nitrogen and oxygen atoms in total. The van der Waals surface area contributed by atoms with E-state index in [0.29, 0.717) is 5.92 Å². The maximum Gasteiger partial charge on any atom is 0.136 e. The van der Waals surface area contributed by atoms with Crippen LogP contribution in [0.4, 0.5) is 0 Å². The van der Waals surface area contributed by atoms with Gasteiger partial charge in [0, 0.05) is 32.8 Å². The summed E-state index contributed by atoms with van der Waals surface area (Å²) in [4.78, 5) is 9.57. The second-order valence-electron chi connectivity index (χ2n) is 10.4. The summed E-state index contributed by atoms with van der Waals surface area (Å²) in [5.41, 5.74) is 7.82. The summed E-state index contributed by atoms with van der Waals surface area (Å²) in [6.07, 6.45) is 1.79. The molecular formula is C34H30N3OPt-. The normalized spacial score (nSPS) is 11.4. The van der Waals surface area contributed by atoms with Crippen LogP contribution in [0.15, 0.2) is 91.1 Å². The largest absolute Gasteiger partial charge is 0.517 e. The standard InChI is InChI=1S/C34H30N3O.Pt/c1-21(2)23-15-16-31-27(18-23)28-19-25(22(3)4)26(24-10-5-6-13-33(24)38)20-32(28)37(31)34-14-9-12-30(36-34)29-11-7-8-17-35-29;/h5-19,21-22,38H,1-4H3;/q-1;. The first-order chi connectivity index (χ1) is 18.4. The van der Waals surface area contributed by atoms with Crippen molar-refractivity contribution in [2.75, 3.05) is 0 Å². The van der Waals surface area contributed by atoms with E-state index in [4.69, 9.17) is 4.98 Å². The first kappa shape index (κ1) is 26.8. The Hall–Kier alpha value is -3.75. The van der Waals surface area contributed by atoms with Crippen LogP contribution in [-0.4, -0.2) is 19.6 Å². The Balaban J connectivity index is 0.00000308. The van der Waals surface area contributed by atoms with Crippen LogP contribution >= 0.6 is 0 Å². The molecule has 0 aliphatic heterocycles. The molecule has 3 aromatic carbocycles. The Morgan fingerprint density at radius 1 is 0.769 bits per heavy atom. The minimum absolute atomic E-state index is 0. The van der Waals surface area contributed by atoms with Gasteiger partial charge in [-0.1, -0.05) is 87.0 Å². The first-order valence-corrected chi connectivity index (χ1v) is 13.1. The molecule has 3 heterocycles. The van der Waals surface area contributed by atoms with Gasteiger partial charge in [0.15, 0.2) is 0 Å². The van der Waals surface area contributed by atoms with E-state index in [1.807, 2.05) is 54.6 Å². The third kappa shape index (κ3) is 4.79. The van der Waals surface area contributed by atoms with Crippen LogP contribution < -0.4 is 0 Å². The van der Waals surface area contributed by atoms with Crippen LogP contribution in [0.5, 0.6) is 5.75 Å². The summed E-state index contributed by atoms with van der Waals surface area (Å²) in [6.45, 7) is 8.82. The van der Waals surface area contributed by atoms with Crippen LogP contribution in [-0.2, 0) is 21.1 Å². The molecular weight excluding hydrogens is 661 g/mol. The molecule has 0 radical (unpaired) electrons. The molecule has 0 amide bonds. The monoisotopic (exact) mass is 691 g/mol. The van der Waals surface area contributed by atoms with Crippen molar-refractivity contribution in [1.29, 1.82) is 0 Å². The Kier molecular flexibility index (Phi) is 7.42. The zero-order valence-electron chi connectivity index (χ0n) is 22.4. The van der Waals surface area contributed by atoms with Crippen molar-refractivity contribution >= 4 is 21.8 Å². The number of phenols is 1. The first-order valence-electron chi connectivity index (χ1n) is 13.1. The third-order valence-electron chi connectivity index (χ3n) is 7.22. The molecule has 39 heavy (non-hydrogen) atoms.